The highest BCUT2D eigenvalue weighted by molar-refractivity contribution is 5.76. The highest BCUT2D eigenvalue weighted by atomic mass is 16.1. The summed E-state index contributed by atoms with van der Waals surface area (Å²) in [5.74, 6) is 1.68. The first-order valence-corrected chi connectivity index (χ1v) is 7.28. The summed E-state index contributed by atoms with van der Waals surface area (Å²) in [7, 11) is 0. The molecule has 3 nitrogen and oxygen atoms in total. The molecule has 1 saturated carbocycles. The molecule has 0 bridgehead atoms. The molecule has 98 valence electrons. The van der Waals surface area contributed by atoms with Gasteiger partial charge in [-0.3, -0.25) is 4.79 Å². The van der Waals surface area contributed by atoms with E-state index in [1.807, 2.05) is 0 Å². The average Bonchev–Trinajstić information content (AvgIpc) is 2.82. The molecule has 1 heterocycles. The summed E-state index contributed by atoms with van der Waals surface area (Å²) in [6.07, 6.45) is 8.18. The van der Waals surface area contributed by atoms with E-state index in [1.54, 1.807) is 0 Å². The van der Waals surface area contributed by atoms with Crippen molar-refractivity contribution in [2.24, 2.45) is 11.8 Å². The lowest BCUT2D eigenvalue weighted by atomic mass is 9.84. The van der Waals surface area contributed by atoms with Gasteiger partial charge in [-0.15, -0.1) is 0 Å². The zero-order valence-electron chi connectivity index (χ0n) is 11.0. The summed E-state index contributed by atoms with van der Waals surface area (Å²) in [6.45, 7) is 4.37. The van der Waals surface area contributed by atoms with Crippen molar-refractivity contribution in [2.45, 2.75) is 57.9 Å². The molecule has 3 atom stereocenters. The Balaban J connectivity index is 1.70. The minimum absolute atomic E-state index is 0.278. The molecule has 1 aliphatic carbocycles. The second-order valence-electron chi connectivity index (χ2n) is 5.77. The van der Waals surface area contributed by atoms with Gasteiger partial charge in [0.05, 0.1) is 0 Å². The fraction of sp³-hybridized carbons (Fsp3) is 0.929. The largest absolute Gasteiger partial charge is 0.353 e. The van der Waals surface area contributed by atoms with Crippen molar-refractivity contribution >= 4 is 5.91 Å². The number of carbonyl (C=O) groups excluding carboxylic acids is 1. The Hall–Kier alpha value is -0.570. The van der Waals surface area contributed by atoms with E-state index in [-0.39, 0.29) is 5.91 Å². The van der Waals surface area contributed by atoms with Crippen LogP contribution < -0.4 is 10.6 Å². The summed E-state index contributed by atoms with van der Waals surface area (Å²) in [4.78, 5) is 11.9. The maximum atomic E-state index is 11.9. The minimum atomic E-state index is 0.278. The van der Waals surface area contributed by atoms with Crippen molar-refractivity contribution < 1.29 is 4.79 Å². The summed E-state index contributed by atoms with van der Waals surface area (Å²) < 4.78 is 0. The van der Waals surface area contributed by atoms with Gasteiger partial charge in [-0.05, 0) is 44.2 Å². The Labute approximate surface area is 105 Å². The highest BCUT2D eigenvalue weighted by Crippen LogP contribution is 2.26. The summed E-state index contributed by atoms with van der Waals surface area (Å²) in [5, 5.41) is 6.56. The maximum absolute atomic E-state index is 11.9. The number of nitrogens with one attached hydrogen (secondary N) is 2. The molecule has 0 spiro atoms. The van der Waals surface area contributed by atoms with Gasteiger partial charge in [-0.1, -0.05) is 26.2 Å². The lowest BCUT2D eigenvalue weighted by molar-refractivity contribution is -0.122. The standard InChI is InChI=1S/C14H26N2O/c1-2-11-4-3-5-13(8-11)16-14(17)9-12-6-7-15-10-12/h11-13,15H,2-10H2,1H3,(H,16,17). The number of hydrogen-bond donors (Lipinski definition) is 2. The van der Waals surface area contributed by atoms with Gasteiger partial charge in [0, 0.05) is 12.5 Å². The predicted octanol–water partition coefficient (Wildman–Crippen LogP) is 2.07. The molecule has 3 heteroatoms. The van der Waals surface area contributed by atoms with Crippen LogP contribution in [-0.4, -0.2) is 25.0 Å². The molecule has 3 unspecified atom stereocenters. The quantitative estimate of drug-likeness (QED) is 0.787. The van der Waals surface area contributed by atoms with E-state index in [0.29, 0.717) is 12.0 Å². The molecule has 2 fully saturated rings. The zero-order valence-corrected chi connectivity index (χ0v) is 11.0. The van der Waals surface area contributed by atoms with Crippen LogP contribution in [0.2, 0.25) is 0 Å². The average molecular weight is 238 g/mol. The van der Waals surface area contributed by atoms with Crippen molar-refractivity contribution in [1.29, 1.82) is 0 Å². The van der Waals surface area contributed by atoms with E-state index in [4.69, 9.17) is 0 Å². The Morgan fingerprint density at radius 2 is 2.18 bits per heavy atom. The summed E-state index contributed by atoms with van der Waals surface area (Å²) in [6, 6.07) is 0.454. The Kier molecular flexibility index (Phi) is 4.84. The second kappa shape index (κ2) is 6.39. The second-order valence-corrected chi connectivity index (χ2v) is 5.77. The molecule has 1 saturated heterocycles. The smallest absolute Gasteiger partial charge is 0.220 e. The molecule has 2 aliphatic rings. The van der Waals surface area contributed by atoms with Crippen molar-refractivity contribution in [3.05, 3.63) is 0 Å². The molecular formula is C14H26N2O. The lowest BCUT2D eigenvalue weighted by Crippen LogP contribution is -2.39. The van der Waals surface area contributed by atoms with Crippen molar-refractivity contribution in [3.63, 3.8) is 0 Å². The van der Waals surface area contributed by atoms with Crippen LogP contribution in [0.1, 0.15) is 51.9 Å². The van der Waals surface area contributed by atoms with Gasteiger partial charge in [0.15, 0.2) is 0 Å². The fourth-order valence-electron chi connectivity index (χ4n) is 3.23. The topological polar surface area (TPSA) is 41.1 Å². The Morgan fingerprint density at radius 3 is 2.88 bits per heavy atom. The molecular weight excluding hydrogens is 212 g/mol. The van der Waals surface area contributed by atoms with Crippen LogP contribution in [0.3, 0.4) is 0 Å². The lowest BCUT2D eigenvalue weighted by Gasteiger charge is -2.29. The first-order chi connectivity index (χ1) is 8.28. The van der Waals surface area contributed by atoms with Gasteiger partial charge in [-0.2, -0.15) is 0 Å². The van der Waals surface area contributed by atoms with Crippen molar-refractivity contribution in [3.8, 4) is 0 Å². The zero-order chi connectivity index (χ0) is 12.1. The molecule has 0 aromatic carbocycles. The van der Waals surface area contributed by atoms with Crippen LogP contribution in [0.4, 0.5) is 0 Å². The van der Waals surface area contributed by atoms with E-state index < -0.39 is 0 Å². The SMILES string of the molecule is CCC1CCCC(NC(=O)CC2CCNC2)C1. The van der Waals surface area contributed by atoms with Gasteiger partial charge >= 0.3 is 0 Å². The van der Waals surface area contributed by atoms with Crippen LogP contribution >= 0.6 is 0 Å². The highest BCUT2D eigenvalue weighted by Gasteiger charge is 2.24. The Bertz CT molecular complexity index is 249. The number of carbonyl (C=O) groups is 1. The van der Waals surface area contributed by atoms with E-state index in [9.17, 15) is 4.79 Å². The van der Waals surface area contributed by atoms with Crippen LogP contribution in [0.5, 0.6) is 0 Å². The van der Waals surface area contributed by atoms with Gasteiger partial charge < -0.3 is 10.6 Å². The van der Waals surface area contributed by atoms with Gasteiger partial charge in [-0.25, -0.2) is 0 Å². The molecule has 1 amide bonds. The van der Waals surface area contributed by atoms with E-state index in [2.05, 4.69) is 17.6 Å². The molecule has 2 N–H and O–H groups in total. The van der Waals surface area contributed by atoms with Crippen LogP contribution in [0, 0.1) is 11.8 Å². The van der Waals surface area contributed by atoms with Crippen LogP contribution in [0.15, 0.2) is 0 Å². The normalized spacial score (nSPS) is 33.6. The van der Waals surface area contributed by atoms with E-state index in [0.717, 1.165) is 31.8 Å². The van der Waals surface area contributed by atoms with Gasteiger partial charge in [0.2, 0.25) is 5.91 Å². The molecule has 0 aromatic heterocycles. The number of hydrogen-bond acceptors (Lipinski definition) is 2. The third-order valence-corrected chi connectivity index (χ3v) is 4.36. The Morgan fingerprint density at radius 1 is 1.29 bits per heavy atom. The molecule has 2 rings (SSSR count). The third kappa shape index (κ3) is 3.98. The monoisotopic (exact) mass is 238 g/mol. The first kappa shape index (κ1) is 12.9. The van der Waals surface area contributed by atoms with Crippen molar-refractivity contribution in [2.75, 3.05) is 13.1 Å². The maximum Gasteiger partial charge on any atom is 0.220 e. The summed E-state index contributed by atoms with van der Waals surface area (Å²) in [5.41, 5.74) is 0. The number of amides is 1. The molecule has 1 aliphatic heterocycles. The minimum Gasteiger partial charge on any atom is -0.353 e. The molecule has 0 aromatic rings. The molecule has 0 radical (unpaired) electrons. The van der Waals surface area contributed by atoms with Crippen molar-refractivity contribution in [1.82, 2.24) is 10.6 Å². The molecule has 17 heavy (non-hydrogen) atoms. The van der Waals surface area contributed by atoms with E-state index in [1.165, 1.54) is 32.1 Å². The fourth-order valence-corrected chi connectivity index (χ4v) is 3.23. The van der Waals surface area contributed by atoms with Gasteiger partial charge in [0.1, 0.15) is 0 Å². The summed E-state index contributed by atoms with van der Waals surface area (Å²) >= 11 is 0. The number of rotatable bonds is 4. The van der Waals surface area contributed by atoms with E-state index >= 15 is 0 Å². The van der Waals surface area contributed by atoms with Gasteiger partial charge in [0.25, 0.3) is 0 Å². The predicted molar refractivity (Wildman–Crippen MR) is 69.8 cm³/mol. The van der Waals surface area contributed by atoms with Crippen LogP contribution in [-0.2, 0) is 4.79 Å². The van der Waals surface area contributed by atoms with Crippen LogP contribution in [0.25, 0.3) is 0 Å². The third-order valence-electron chi connectivity index (χ3n) is 4.36. The first-order valence-electron chi connectivity index (χ1n) is 7.28.